The second kappa shape index (κ2) is 8.84. The summed E-state index contributed by atoms with van der Waals surface area (Å²) in [5.74, 6) is 0.936. The maximum absolute atomic E-state index is 13.7. The molecule has 0 aliphatic rings. The Labute approximate surface area is 197 Å². The van der Waals surface area contributed by atoms with Crippen molar-refractivity contribution in [1.82, 2.24) is 14.2 Å². The van der Waals surface area contributed by atoms with Crippen molar-refractivity contribution in [2.45, 2.75) is 6.54 Å². The van der Waals surface area contributed by atoms with Gasteiger partial charge in [0.25, 0.3) is 5.69 Å². The number of thiazole rings is 1. The summed E-state index contributed by atoms with van der Waals surface area (Å²) in [5.41, 5.74) is 0.323. The topological polar surface area (TPSA) is 130 Å². The van der Waals surface area contributed by atoms with Crippen LogP contribution in [0.4, 0.5) is 10.8 Å². The largest absolute Gasteiger partial charge is 0.497 e. The van der Waals surface area contributed by atoms with Crippen LogP contribution in [0.5, 0.6) is 11.5 Å². The number of nitro groups is 1. The highest BCUT2D eigenvalue weighted by Crippen LogP contribution is 2.34. The summed E-state index contributed by atoms with van der Waals surface area (Å²) < 4.78 is 40.1. The van der Waals surface area contributed by atoms with E-state index in [2.05, 4.69) is 10.1 Å². The lowest BCUT2D eigenvalue weighted by Crippen LogP contribution is -2.36. The van der Waals surface area contributed by atoms with Crippen molar-refractivity contribution < 1.29 is 22.8 Å². The number of aromatic nitrogens is 3. The second-order valence-corrected chi connectivity index (χ2v) is 9.92. The van der Waals surface area contributed by atoms with Gasteiger partial charge in [-0.05, 0) is 18.2 Å². The molecule has 0 atom stereocenters. The van der Waals surface area contributed by atoms with Crippen LogP contribution in [0.2, 0.25) is 4.34 Å². The minimum Gasteiger partial charge on any atom is -0.497 e. The Morgan fingerprint density at radius 1 is 1.21 bits per heavy atom. The van der Waals surface area contributed by atoms with Crippen LogP contribution in [0, 0.1) is 10.1 Å². The molecule has 0 aliphatic carbocycles. The third-order valence-electron chi connectivity index (χ3n) is 4.74. The molecule has 0 fully saturated rings. The lowest BCUT2D eigenvalue weighted by molar-refractivity contribution is -0.383. The highest BCUT2D eigenvalue weighted by atomic mass is 35.5. The SMILES string of the molecule is COc1ccc(CN(c2ncc(Cl)s2)S(=O)(=O)n2ncc3c([N+](=O)[O-])cccc32)c(OC)c1. The summed E-state index contributed by atoms with van der Waals surface area (Å²) in [5, 5.41) is 15.5. The van der Waals surface area contributed by atoms with Crippen LogP contribution < -0.4 is 13.8 Å². The number of non-ortho nitro benzene ring substituents is 1. The number of nitrogens with zero attached hydrogens (tertiary/aromatic N) is 5. The molecule has 0 radical (unpaired) electrons. The number of fused-ring (bicyclic) bond motifs is 1. The van der Waals surface area contributed by atoms with Crippen molar-refractivity contribution in [3.05, 3.63) is 68.8 Å². The van der Waals surface area contributed by atoms with Crippen LogP contribution >= 0.6 is 22.9 Å². The van der Waals surface area contributed by atoms with Crippen molar-refractivity contribution in [3.63, 3.8) is 0 Å². The van der Waals surface area contributed by atoms with E-state index in [0.29, 0.717) is 17.1 Å². The molecular formula is C19H16ClN5O6S2. The molecular weight excluding hydrogens is 494 g/mol. The minimum absolute atomic E-state index is 0.0542. The molecule has 0 spiro atoms. The Bertz CT molecular complexity index is 1450. The van der Waals surface area contributed by atoms with E-state index >= 15 is 0 Å². The molecule has 0 N–H and O–H groups in total. The van der Waals surface area contributed by atoms with E-state index in [0.717, 1.165) is 25.9 Å². The molecule has 2 aromatic carbocycles. The van der Waals surface area contributed by atoms with E-state index in [1.807, 2.05) is 0 Å². The molecule has 0 amide bonds. The van der Waals surface area contributed by atoms with Crippen LogP contribution in [-0.4, -0.2) is 41.7 Å². The molecule has 0 saturated carbocycles. The van der Waals surface area contributed by atoms with Crippen LogP contribution in [0.1, 0.15) is 5.56 Å². The molecule has 0 saturated heterocycles. The van der Waals surface area contributed by atoms with E-state index in [1.165, 1.54) is 38.6 Å². The second-order valence-electron chi connectivity index (χ2n) is 6.59. The van der Waals surface area contributed by atoms with Gasteiger partial charge in [-0.15, -0.1) is 4.09 Å². The van der Waals surface area contributed by atoms with Gasteiger partial charge in [0, 0.05) is 17.7 Å². The standard InChI is InChI=1S/C19H16ClN5O6S2/c1-30-13-7-6-12(17(8-13)31-2)11-23(19-21-10-18(20)32-19)33(28,29)24-15-4-3-5-16(25(26)27)14(15)9-22-24/h3-10H,11H2,1-2H3. The van der Waals surface area contributed by atoms with Crippen LogP contribution in [0.3, 0.4) is 0 Å². The zero-order chi connectivity index (χ0) is 23.8. The lowest BCUT2D eigenvalue weighted by Gasteiger charge is -2.23. The van der Waals surface area contributed by atoms with E-state index < -0.39 is 15.1 Å². The van der Waals surface area contributed by atoms with Crippen LogP contribution in [-0.2, 0) is 16.8 Å². The third-order valence-corrected chi connectivity index (χ3v) is 7.58. The average Bonchev–Trinajstić information content (AvgIpc) is 3.43. The zero-order valence-corrected chi connectivity index (χ0v) is 19.6. The fourth-order valence-corrected chi connectivity index (χ4v) is 5.70. The maximum Gasteiger partial charge on any atom is 0.348 e. The van der Waals surface area contributed by atoms with Crippen LogP contribution in [0.15, 0.2) is 48.8 Å². The molecule has 4 rings (SSSR count). The maximum atomic E-state index is 13.7. The van der Waals surface area contributed by atoms with E-state index in [4.69, 9.17) is 21.1 Å². The predicted octanol–water partition coefficient (Wildman–Crippen LogP) is 3.87. The molecule has 11 nitrogen and oxygen atoms in total. The van der Waals surface area contributed by atoms with Crippen molar-refractivity contribution in [1.29, 1.82) is 0 Å². The van der Waals surface area contributed by atoms with Crippen LogP contribution in [0.25, 0.3) is 10.9 Å². The summed E-state index contributed by atoms with van der Waals surface area (Å²) >= 11 is 6.99. The summed E-state index contributed by atoms with van der Waals surface area (Å²) in [6, 6.07) is 9.08. The summed E-state index contributed by atoms with van der Waals surface area (Å²) in [6.45, 7) is -0.171. The van der Waals surface area contributed by atoms with E-state index in [9.17, 15) is 18.5 Å². The number of halogens is 1. The predicted molar refractivity (Wildman–Crippen MR) is 124 cm³/mol. The van der Waals surface area contributed by atoms with Gasteiger partial charge in [0.05, 0.1) is 49.0 Å². The lowest BCUT2D eigenvalue weighted by atomic mass is 10.2. The summed E-state index contributed by atoms with van der Waals surface area (Å²) in [7, 11) is -1.43. The van der Waals surface area contributed by atoms with E-state index in [-0.39, 0.29) is 32.6 Å². The van der Waals surface area contributed by atoms with Gasteiger partial charge >= 0.3 is 10.2 Å². The number of nitro benzene ring substituents is 1. The highest BCUT2D eigenvalue weighted by Gasteiger charge is 2.31. The third kappa shape index (κ3) is 4.17. The molecule has 172 valence electrons. The smallest absolute Gasteiger partial charge is 0.348 e. The Kier molecular flexibility index (Phi) is 6.10. The molecule has 4 aromatic rings. The summed E-state index contributed by atoms with van der Waals surface area (Å²) in [6.07, 6.45) is 2.48. The zero-order valence-electron chi connectivity index (χ0n) is 17.2. The van der Waals surface area contributed by atoms with Gasteiger partial charge in [0.1, 0.15) is 15.8 Å². The van der Waals surface area contributed by atoms with E-state index in [1.54, 1.807) is 18.2 Å². The Hall–Kier alpha value is -3.42. The molecule has 0 bridgehead atoms. The van der Waals surface area contributed by atoms with Gasteiger partial charge in [-0.2, -0.15) is 13.5 Å². The Balaban J connectivity index is 1.86. The number of methoxy groups -OCH3 is 2. The minimum atomic E-state index is -4.39. The number of anilines is 1. The Morgan fingerprint density at radius 2 is 2.00 bits per heavy atom. The molecule has 33 heavy (non-hydrogen) atoms. The summed E-state index contributed by atoms with van der Waals surface area (Å²) in [4.78, 5) is 14.9. The van der Waals surface area contributed by atoms with Crippen molar-refractivity contribution >= 4 is 54.9 Å². The van der Waals surface area contributed by atoms with Gasteiger partial charge in [0.15, 0.2) is 0 Å². The monoisotopic (exact) mass is 509 g/mol. The van der Waals surface area contributed by atoms with Gasteiger partial charge in [0.2, 0.25) is 5.13 Å². The molecule has 14 heteroatoms. The van der Waals surface area contributed by atoms with Crippen molar-refractivity contribution in [3.8, 4) is 11.5 Å². The fourth-order valence-electron chi connectivity index (χ4n) is 3.20. The molecule has 2 heterocycles. The molecule has 2 aromatic heterocycles. The quantitative estimate of drug-likeness (QED) is 0.258. The Morgan fingerprint density at radius 3 is 2.64 bits per heavy atom. The first-order chi connectivity index (χ1) is 15.8. The van der Waals surface area contributed by atoms with Gasteiger partial charge in [-0.25, -0.2) is 9.29 Å². The van der Waals surface area contributed by atoms with Gasteiger partial charge in [-0.1, -0.05) is 29.0 Å². The fraction of sp³-hybridized carbons (Fsp3) is 0.158. The van der Waals surface area contributed by atoms with Gasteiger partial charge in [-0.3, -0.25) is 10.1 Å². The number of ether oxygens (including phenoxy) is 2. The van der Waals surface area contributed by atoms with Crippen molar-refractivity contribution in [2.75, 3.05) is 18.5 Å². The number of hydrogen-bond donors (Lipinski definition) is 0. The van der Waals surface area contributed by atoms with Crippen molar-refractivity contribution in [2.24, 2.45) is 0 Å². The number of hydrogen-bond acceptors (Lipinski definition) is 9. The first-order valence-electron chi connectivity index (χ1n) is 9.23. The molecule has 0 unspecified atom stereocenters. The normalized spacial score (nSPS) is 11.5. The first kappa shape index (κ1) is 22.8. The molecule has 0 aliphatic heterocycles. The number of benzene rings is 2. The highest BCUT2D eigenvalue weighted by molar-refractivity contribution is 7.91. The average molecular weight is 510 g/mol. The van der Waals surface area contributed by atoms with Gasteiger partial charge < -0.3 is 9.47 Å². The number of rotatable bonds is 8. The first-order valence-corrected chi connectivity index (χ1v) is 11.8.